The third-order valence-electron chi connectivity index (χ3n) is 2.06. The summed E-state index contributed by atoms with van der Waals surface area (Å²) >= 11 is 5.78. The Kier molecular flexibility index (Phi) is 2.78. The Labute approximate surface area is 100 Å². The molecule has 0 unspecified atom stereocenters. The van der Waals surface area contributed by atoms with Crippen molar-refractivity contribution in [3.8, 4) is 28.6 Å². The highest BCUT2D eigenvalue weighted by atomic mass is 35.5. The van der Waals surface area contributed by atoms with Gasteiger partial charge in [-0.3, -0.25) is 0 Å². The van der Waals surface area contributed by atoms with Crippen molar-refractivity contribution in [2.45, 2.75) is 6.54 Å². The van der Waals surface area contributed by atoms with E-state index in [0.29, 0.717) is 0 Å². The summed E-state index contributed by atoms with van der Waals surface area (Å²) in [6, 6.07) is 0.908. The Balaban J connectivity index is 2.65. The van der Waals surface area contributed by atoms with Crippen LogP contribution in [0.1, 0.15) is 5.89 Å². The number of hydrogen-bond donors (Lipinski definition) is 4. The number of phenolic OH excluding ortho intramolecular Hbond substituents is 3. The van der Waals surface area contributed by atoms with Gasteiger partial charge < -0.3 is 25.6 Å². The largest absolute Gasteiger partial charge is 0.506 e. The first kappa shape index (κ1) is 11.5. The molecule has 0 saturated carbocycles. The van der Waals surface area contributed by atoms with Gasteiger partial charge in [-0.2, -0.15) is 4.98 Å². The molecule has 0 amide bonds. The molecule has 2 aromatic rings. The van der Waals surface area contributed by atoms with E-state index in [1.54, 1.807) is 0 Å². The molecule has 0 radical (unpaired) electrons. The maximum Gasteiger partial charge on any atom is 0.240 e. The van der Waals surface area contributed by atoms with Crippen molar-refractivity contribution in [3.63, 3.8) is 0 Å². The number of phenols is 3. The molecular weight excluding hydrogens is 250 g/mol. The molecule has 2 rings (SSSR count). The van der Waals surface area contributed by atoms with E-state index in [1.807, 2.05) is 0 Å². The van der Waals surface area contributed by atoms with Gasteiger partial charge in [0.25, 0.3) is 0 Å². The predicted molar refractivity (Wildman–Crippen MR) is 57.6 cm³/mol. The summed E-state index contributed by atoms with van der Waals surface area (Å²) in [7, 11) is 0. The van der Waals surface area contributed by atoms with Gasteiger partial charge in [0.15, 0.2) is 11.5 Å². The fourth-order valence-electron chi connectivity index (χ4n) is 1.26. The molecule has 0 bridgehead atoms. The van der Waals surface area contributed by atoms with Gasteiger partial charge in [0.2, 0.25) is 11.7 Å². The Morgan fingerprint density at radius 3 is 2.59 bits per heavy atom. The van der Waals surface area contributed by atoms with Gasteiger partial charge in [-0.25, -0.2) is 0 Å². The Hall–Kier alpha value is -1.99. The van der Waals surface area contributed by atoms with E-state index in [-0.39, 0.29) is 28.8 Å². The van der Waals surface area contributed by atoms with Gasteiger partial charge >= 0.3 is 0 Å². The summed E-state index contributed by atoms with van der Waals surface area (Å²) in [5.41, 5.74) is 5.17. The Morgan fingerprint density at radius 1 is 1.29 bits per heavy atom. The molecule has 0 aliphatic rings. The first-order valence-electron chi connectivity index (χ1n) is 4.51. The average Bonchev–Trinajstić information content (AvgIpc) is 2.75. The monoisotopic (exact) mass is 257 g/mol. The van der Waals surface area contributed by atoms with E-state index in [1.165, 1.54) is 0 Å². The van der Waals surface area contributed by atoms with Crippen LogP contribution in [0.4, 0.5) is 0 Å². The summed E-state index contributed by atoms with van der Waals surface area (Å²) in [4.78, 5) is 3.83. The topological polar surface area (TPSA) is 126 Å². The average molecular weight is 258 g/mol. The maximum atomic E-state index is 9.64. The van der Waals surface area contributed by atoms with Crippen molar-refractivity contribution in [2.75, 3.05) is 0 Å². The first-order valence-corrected chi connectivity index (χ1v) is 4.88. The Bertz CT molecular complexity index is 543. The lowest BCUT2D eigenvalue weighted by Gasteiger charge is -2.06. The van der Waals surface area contributed by atoms with Crippen LogP contribution in [0.5, 0.6) is 17.2 Å². The quantitative estimate of drug-likeness (QED) is 0.466. The molecular formula is C9H8ClN3O4. The van der Waals surface area contributed by atoms with E-state index in [0.717, 1.165) is 6.07 Å². The molecule has 1 aromatic carbocycles. The lowest BCUT2D eigenvalue weighted by Crippen LogP contribution is -1.95. The maximum absolute atomic E-state index is 9.64. The highest BCUT2D eigenvalue weighted by Gasteiger charge is 2.21. The molecule has 5 N–H and O–H groups in total. The number of nitrogens with zero attached hydrogens (tertiary/aromatic N) is 2. The van der Waals surface area contributed by atoms with Gasteiger partial charge in [-0.1, -0.05) is 16.8 Å². The predicted octanol–water partition coefficient (Wildman–Crippen LogP) is 0.965. The molecule has 0 fully saturated rings. The zero-order chi connectivity index (χ0) is 12.6. The van der Waals surface area contributed by atoms with Gasteiger partial charge in [-0.15, -0.1) is 0 Å². The fraction of sp³-hybridized carbons (Fsp3) is 0.111. The van der Waals surface area contributed by atoms with Gasteiger partial charge in [0.05, 0.1) is 17.1 Å². The third kappa shape index (κ3) is 1.85. The molecule has 0 atom stereocenters. The van der Waals surface area contributed by atoms with Crippen LogP contribution in [0.3, 0.4) is 0 Å². The summed E-state index contributed by atoms with van der Waals surface area (Å²) in [6.45, 7) is 0.0240. The van der Waals surface area contributed by atoms with E-state index in [2.05, 4.69) is 10.1 Å². The van der Waals surface area contributed by atoms with Gasteiger partial charge in [0, 0.05) is 6.07 Å². The van der Waals surface area contributed by atoms with Crippen molar-refractivity contribution in [1.29, 1.82) is 0 Å². The molecule has 7 nitrogen and oxygen atoms in total. The number of aromatic nitrogens is 2. The second-order valence-corrected chi connectivity index (χ2v) is 3.55. The fourth-order valence-corrected chi connectivity index (χ4v) is 1.49. The van der Waals surface area contributed by atoms with Crippen LogP contribution in [-0.2, 0) is 6.54 Å². The molecule has 1 heterocycles. The van der Waals surface area contributed by atoms with Gasteiger partial charge in [0.1, 0.15) is 5.75 Å². The SMILES string of the molecule is NCc1nc(-c2c(O)c(O)cc(O)c2Cl)no1. The van der Waals surface area contributed by atoms with E-state index in [4.69, 9.17) is 21.9 Å². The van der Waals surface area contributed by atoms with Crippen molar-refractivity contribution in [1.82, 2.24) is 10.1 Å². The van der Waals surface area contributed by atoms with E-state index in [9.17, 15) is 15.3 Å². The number of halogens is 1. The molecule has 0 aliphatic carbocycles. The molecule has 0 spiro atoms. The van der Waals surface area contributed by atoms with Crippen molar-refractivity contribution < 1.29 is 19.8 Å². The van der Waals surface area contributed by atoms with Crippen LogP contribution in [0, 0.1) is 0 Å². The second kappa shape index (κ2) is 4.11. The normalized spacial score (nSPS) is 10.7. The van der Waals surface area contributed by atoms with Crippen molar-refractivity contribution in [2.24, 2.45) is 5.73 Å². The van der Waals surface area contributed by atoms with Crippen molar-refractivity contribution >= 4 is 11.6 Å². The first-order chi connectivity index (χ1) is 8.04. The van der Waals surface area contributed by atoms with Crippen molar-refractivity contribution in [3.05, 3.63) is 17.0 Å². The summed E-state index contributed by atoms with van der Waals surface area (Å²) in [5.74, 6) is -1.42. The highest BCUT2D eigenvalue weighted by Crippen LogP contribution is 2.45. The zero-order valence-electron chi connectivity index (χ0n) is 8.38. The van der Waals surface area contributed by atoms with Crippen LogP contribution in [0.2, 0.25) is 5.02 Å². The number of aromatic hydroxyl groups is 3. The zero-order valence-corrected chi connectivity index (χ0v) is 9.14. The standard InChI is InChI=1S/C9H8ClN3O4/c10-7-3(14)1-4(15)8(16)6(7)9-12-5(2-11)17-13-9/h1,14-16H,2,11H2. The lowest BCUT2D eigenvalue weighted by molar-refractivity contribution is 0.379. The minimum Gasteiger partial charge on any atom is -0.506 e. The third-order valence-corrected chi connectivity index (χ3v) is 2.45. The van der Waals surface area contributed by atoms with Crippen LogP contribution < -0.4 is 5.73 Å². The minimum atomic E-state index is -0.544. The Morgan fingerprint density at radius 2 is 2.00 bits per heavy atom. The van der Waals surface area contributed by atoms with E-state index >= 15 is 0 Å². The van der Waals surface area contributed by atoms with Gasteiger partial charge in [-0.05, 0) is 0 Å². The smallest absolute Gasteiger partial charge is 0.240 e. The van der Waals surface area contributed by atoms with E-state index < -0.39 is 17.2 Å². The highest BCUT2D eigenvalue weighted by molar-refractivity contribution is 6.35. The second-order valence-electron chi connectivity index (χ2n) is 3.17. The lowest BCUT2D eigenvalue weighted by atomic mass is 10.1. The van der Waals surface area contributed by atoms with Crippen LogP contribution in [0.25, 0.3) is 11.4 Å². The molecule has 17 heavy (non-hydrogen) atoms. The summed E-state index contributed by atoms with van der Waals surface area (Å²) in [5, 5.41) is 31.7. The minimum absolute atomic E-state index is 0.0240. The molecule has 0 aliphatic heterocycles. The number of nitrogens with two attached hydrogens (primary N) is 1. The number of hydrogen-bond acceptors (Lipinski definition) is 7. The summed E-state index contributed by atoms with van der Waals surface area (Å²) < 4.78 is 4.74. The van der Waals surface area contributed by atoms with Crippen LogP contribution in [-0.4, -0.2) is 25.5 Å². The van der Waals surface area contributed by atoms with Crippen LogP contribution in [0.15, 0.2) is 10.6 Å². The number of benzene rings is 1. The molecule has 0 saturated heterocycles. The molecule has 90 valence electrons. The summed E-state index contributed by atoms with van der Waals surface area (Å²) in [6.07, 6.45) is 0. The molecule has 8 heteroatoms. The van der Waals surface area contributed by atoms with Crippen LogP contribution >= 0.6 is 11.6 Å². The number of rotatable bonds is 2. The molecule has 1 aromatic heterocycles.